The van der Waals surface area contributed by atoms with Crippen molar-refractivity contribution in [3.05, 3.63) is 51.0 Å². The maximum atomic E-state index is 12.6. The number of nitrogens with one attached hydrogen (secondary N) is 1. The van der Waals surface area contributed by atoms with Crippen molar-refractivity contribution in [2.75, 3.05) is 5.32 Å². The Morgan fingerprint density at radius 1 is 1.36 bits per heavy atom. The fourth-order valence-corrected chi connectivity index (χ4v) is 2.13. The first-order chi connectivity index (χ1) is 10.2. The molecule has 1 N–H and O–H groups in total. The number of rotatable bonds is 2. The lowest BCUT2D eigenvalue weighted by atomic mass is 10.1. The van der Waals surface area contributed by atoms with Crippen LogP contribution < -0.4 is 5.32 Å². The normalized spacial score (nSPS) is 11.4. The minimum absolute atomic E-state index is 0.0277. The Hall–Kier alpha value is -1.67. The lowest BCUT2D eigenvalue weighted by Gasteiger charge is -2.11. The van der Waals surface area contributed by atoms with Gasteiger partial charge in [-0.25, -0.2) is 9.97 Å². The number of halogens is 5. The maximum absolute atomic E-state index is 12.6. The van der Waals surface area contributed by atoms with Gasteiger partial charge in [0.25, 0.3) is 5.91 Å². The number of hydrogen-bond acceptors (Lipinski definition) is 3. The van der Waals surface area contributed by atoms with E-state index < -0.39 is 17.8 Å². The largest absolute Gasteiger partial charge is 0.433 e. The quantitative estimate of drug-likeness (QED) is 0.765. The first-order valence-corrected chi connectivity index (χ1v) is 7.03. The third-order valence-corrected chi connectivity index (χ3v) is 3.51. The van der Waals surface area contributed by atoms with Gasteiger partial charge in [-0.3, -0.25) is 4.79 Å². The van der Waals surface area contributed by atoms with E-state index in [9.17, 15) is 18.0 Å². The average molecular weight is 395 g/mol. The number of amides is 1. The number of nitrogens with zero attached hydrogens (tertiary/aromatic N) is 2. The second-order valence-electron chi connectivity index (χ2n) is 4.27. The van der Waals surface area contributed by atoms with Crippen LogP contribution in [0.5, 0.6) is 0 Å². The predicted octanol–water partition coefficient (Wildman–Crippen LogP) is 4.47. The molecule has 0 aliphatic rings. The molecule has 0 spiro atoms. The molecule has 2 aromatic heterocycles. The Kier molecular flexibility index (Phi) is 4.72. The van der Waals surface area contributed by atoms with Crippen LogP contribution in [0.25, 0.3) is 0 Å². The highest BCUT2D eigenvalue weighted by atomic mass is 79.9. The average Bonchev–Trinajstić information content (AvgIpc) is 2.41. The molecule has 116 valence electrons. The molecule has 22 heavy (non-hydrogen) atoms. The van der Waals surface area contributed by atoms with Crippen molar-refractivity contribution in [3.63, 3.8) is 0 Å². The summed E-state index contributed by atoms with van der Waals surface area (Å²) >= 11 is 8.92. The molecule has 4 nitrogen and oxygen atoms in total. The van der Waals surface area contributed by atoms with Crippen LogP contribution >= 0.6 is 27.5 Å². The van der Waals surface area contributed by atoms with Crippen molar-refractivity contribution in [1.29, 1.82) is 0 Å². The summed E-state index contributed by atoms with van der Waals surface area (Å²) in [5.41, 5.74) is -0.748. The SMILES string of the molecule is Cc1nc(C(F)(F)F)ccc1C(=O)Nc1cc(Cl)cnc1Br. The van der Waals surface area contributed by atoms with Gasteiger partial charge in [-0.1, -0.05) is 11.6 Å². The number of carbonyl (C=O) groups excluding carboxylic acids is 1. The van der Waals surface area contributed by atoms with E-state index in [4.69, 9.17) is 11.6 Å². The van der Waals surface area contributed by atoms with Crippen LogP contribution in [-0.4, -0.2) is 15.9 Å². The Morgan fingerprint density at radius 3 is 2.64 bits per heavy atom. The van der Waals surface area contributed by atoms with Crippen LogP contribution in [0.15, 0.2) is 29.0 Å². The summed E-state index contributed by atoms with van der Waals surface area (Å²) in [5, 5.41) is 2.82. The molecule has 1 amide bonds. The number of anilines is 1. The zero-order valence-corrected chi connectivity index (χ0v) is 13.3. The van der Waals surface area contributed by atoms with Gasteiger partial charge in [0.05, 0.1) is 22.0 Å². The van der Waals surface area contributed by atoms with Gasteiger partial charge in [0.1, 0.15) is 10.3 Å². The lowest BCUT2D eigenvalue weighted by molar-refractivity contribution is -0.141. The Bertz CT molecular complexity index is 737. The minimum Gasteiger partial charge on any atom is -0.320 e. The topological polar surface area (TPSA) is 54.9 Å². The molecule has 0 bridgehead atoms. The number of pyridine rings is 2. The minimum atomic E-state index is -4.56. The summed E-state index contributed by atoms with van der Waals surface area (Å²) < 4.78 is 38.0. The van der Waals surface area contributed by atoms with Gasteiger partial charge in [0.15, 0.2) is 0 Å². The Morgan fingerprint density at radius 2 is 2.05 bits per heavy atom. The van der Waals surface area contributed by atoms with Gasteiger partial charge >= 0.3 is 6.18 Å². The van der Waals surface area contributed by atoms with Gasteiger partial charge in [-0.05, 0) is 41.1 Å². The number of aryl methyl sites for hydroxylation is 1. The number of hydrogen-bond donors (Lipinski definition) is 1. The first kappa shape index (κ1) is 16.7. The molecule has 2 rings (SSSR count). The summed E-state index contributed by atoms with van der Waals surface area (Å²) in [5.74, 6) is -0.608. The summed E-state index contributed by atoms with van der Waals surface area (Å²) in [6.45, 7) is 1.33. The zero-order chi connectivity index (χ0) is 16.5. The van der Waals surface area contributed by atoms with E-state index in [-0.39, 0.29) is 11.3 Å². The fraction of sp³-hybridized carbons (Fsp3) is 0.154. The van der Waals surface area contributed by atoms with Crippen LogP contribution in [0, 0.1) is 6.92 Å². The van der Waals surface area contributed by atoms with Crippen LogP contribution in [0.4, 0.5) is 18.9 Å². The highest BCUT2D eigenvalue weighted by Gasteiger charge is 2.33. The number of alkyl halides is 3. The monoisotopic (exact) mass is 393 g/mol. The highest BCUT2D eigenvalue weighted by molar-refractivity contribution is 9.10. The van der Waals surface area contributed by atoms with Crippen molar-refractivity contribution in [2.45, 2.75) is 13.1 Å². The van der Waals surface area contributed by atoms with E-state index in [0.29, 0.717) is 15.3 Å². The summed E-state index contributed by atoms with van der Waals surface area (Å²) in [4.78, 5) is 19.4. The molecular formula is C13H8BrClF3N3O. The lowest BCUT2D eigenvalue weighted by Crippen LogP contribution is -2.17. The zero-order valence-electron chi connectivity index (χ0n) is 11.0. The van der Waals surface area contributed by atoms with Crippen LogP contribution in [0.2, 0.25) is 5.02 Å². The molecule has 0 unspecified atom stereocenters. The predicted molar refractivity (Wildman–Crippen MR) is 78.9 cm³/mol. The molecule has 2 heterocycles. The number of aromatic nitrogens is 2. The highest BCUT2D eigenvalue weighted by Crippen LogP contribution is 2.29. The summed E-state index contributed by atoms with van der Waals surface area (Å²) in [6.07, 6.45) is -3.17. The van der Waals surface area contributed by atoms with E-state index in [0.717, 1.165) is 12.1 Å². The fourth-order valence-electron chi connectivity index (χ4n) is 1.66. The molecule has 0 aliphatic heterocycles. The van der Waals surface area contributed by atoms with Crippen molar-refractivity contribution in [1.82, 2.24) is 9.97 Å². The molecule has 0 aliphatic carbocycles. The van der Waals surface area contributed by atoms with Gasteiger partial charge in [-0.15, -0.1) is 0 Å². The Balaban J connectivity index is 2.29. The molecule has 0 atom stereocenters. The van der Waals surface area contributed by atoms with Crippen LogP contribution in [-0.2, 0) is 6.18 Å². The smallest absolute Gasteiger partial charge is 0.320 e. The van der Waals surface area contributed by atoms with Crippen molar-refractivity contribution in [3.8, 4) is 0 Å². The van der Waals surface area contributed by atoms with Crippen molar-refractivity contribution >= 4 is 39.1 Å². The number of carbonyl (C=O) groups is 1. The van der Waals surface area contributed by atoms with E-state index in [2.05, 4.69) is 31.2 Å². The van der Waals surface area contributed by atoms with Crippen molar-refractivity contribution in [2.24, 2.45) is 0 Å². The standard InChI is InChI=1S/C13H8BrClF3N3O/c1-6-8(2-3-10(20-6)13(16,17)18)12(22)21-9-4-7(15)5-19-11(9)14/h2-5H,1H3,(H,21,22). The van der Waals surface area contributed by atoms with Crippen LogP contribution in [0.1, 0.15) is 21.7 Å². The van der Waals surface area contributed by atoms with E-state index in [1.165, 1.54) is 19.2 Å². The van der Waals surface area contributed by atoms with Gasteiger partial charge in [-0.2, -0.15) is 13.2 Å². The molecule has 0 saturated heterocycles. The second-order valence-corrected chi connectivity index (χ2v) is 5.46. The van der Waals surface area contributed by atoms with E-state index in [1.54, 1.807) is 0 Å². The van der Waals surface area contributed by atoms with Gasteiger partial charge in [0.2, 0.25) is 0 Å². The van der Waals surface area contributed by atoms with Crippen molar-refractivity contribution < 1.29 is 18.0 Å². The molecule has 2 aromatic rings. The third-order valence-electron chi connectivity index (χ3n) is 2.67. The summed E-state index contributed by atoms with van der Waals surface area (Å²) in [7, 11) is 0. The molecule has 9 heteroatoms. The molecule has 0 aromatic carbocycles. The third kappa shape index (κ3) is 3.75. The molecule has 0 fully saturated rings. The first-order valence-electron chi connectivity index (χ1n) is 5.85. The second kappa shape index (κ2) is 6.21. The van der Waals surface area contributed by atoms with E-state index in [1.807, 2.05) is 0 Å². The molecular weight excluding hydrogens is 387 g/mol. The summed E-state index contributed by atoms with van der Waals surface area (Å²) in [6, 6.07) is 3.29. The molecule has 0 radical (unpaired) electrons. The van der Waals surface area contributed by atoms with Gasteiger partial charge < -0.3 is 5.32 Å². The molecule has 0 saturated carbocycles. The van der Waals surface area contributed by atoms with E-state index >= 15 is 0 Å². The van der Waals surface area contributed by atoms with Crippen LogP contribution in [0.3, 0.4) is 0 Å². The Labute approximate surface area is 136 Å². The maximum Gasteiger partial charge on any atom is 0.433 e. The van der Waals surface area contributed by atoms with Gasteiger partial charge in [0, 0.05) is 6.20 Å².